The van der Waals surface area contributed by atoms with Gasteiger partial charge in [-0.25, -0.2) is 0 Å². The largest absolute Gasteiger partial charge is 0.384 e. The van der Waals surface area contributed by atoms with Gasteiger partial charge in [0.05, 0.1) is 0 Å². The summed E-state index contributed by atoms with van der Waals surface area (Å²) >= 11 is 0. The Morgan fingerprint density at radius 2 is 2.27 bits per heavy atom. The Morgan fingerprint density at radius 1 is 1.53 bits per heavy atom. The van der Waals surface area contributed by atoms with E-state index in [4.69, 9.17) is 4.74 Å². The first kappa shape index (κ1) is 12.9. The second-order valence-corrected chi connectivity index (χ2v) is 4.91. The van der Waals surface area contributed by atoms with E-state index in [1.165, 1.54) is 25.9 Å². The van der Waals surface area contributed by atoms with Crippen LogP contribution in [0, 0.1) is 5.92 Å². The number of piperidine rings is 1. The summed E-state index contributed by atoms with van der Waals surface area (Å²) in [5.74, 6) is 0.642. The third kappa shape index (κ3) is 4.09. The van der Waals surface area contributed by atoms with Crippen LogP contribution in [0.2, 0.25) is 0 Å². The van der Waals surface area contributed by atoms with Crippen LogP contribution in [0.1, 0.15) is 26.7 Å². The predicted molar refractivity (Wildman–Crippen MR) is 64.2 cm³/mol. The number of hydrogen-bond acceptors (Lipinski definition) is 3. The van der Waals surface area contributed by atoms with Crippen molar-refractivity contribution in [2.24, 2.45) is 5.92 Å². The zero-order valence-corrected chi connectivity index (χ0v) is 10.6. The van der Waals surface area contributed by atoms with Crippen LogP contribution in [-0.2, 0) is 4.74 Å². The van der Waals surface area contributed by atoms with E-state index in [-0.39, 0.29) is 0 Å². The van der Waals surface area contributed by atoms with E-state index in [2.05, 4.69) is 31.1 Å². The summed E-state index contributed by atoms with van der Waals surface area (Å²) in [7, 11) is 3.85. The molecule has 1 fully saturated rings. The smallest absolute Gasteiger partial charge is 0.0500 e. The molecule has 1 aliphatic rings. The molecular weight excluding hydrogens is 188 g/mol. The van der Waals surface area contributed by atoms with Crippen LogP contribution in [0.3, 0.4) is 0 Å². The van der Waals surface area contributed by atoms with E-state index in [1.54, 1.807) is 7.11 Å². The Morgan fingerprint density at radius 3 is 2.80 bits per heavy atom. The lowest BCUT2D eigenvalue weighted by atomic mass is 9.97. The van der Waals surface area contributed by atoms with Crippen molar-refractivity contribution in [2.45, 2.75) is 38.8 Å². The van der Waals surface area contributed by atoms with Crippen molar-refractivity contribution in [1.29, 1.82) is 0 Å². The highest BCUT2D eigenvalue weighted by molar-refractivity contribution is 4.82. The van der Waals surface area contributed by atoms with E-state index >= 15 is 0 Å². The molecule has 0 radical (unpaired) electrons. The highest BCUT2D eigenvalue weighted by atomic mass is 16.5. The van der Waals surface area contributed by atoms with Gasteiger partial charge in [-0.05, 0) is 39.3 Å². The molecular formula is C12H26N2O. The van der Waals surface area contributed by atoms with Crippen molar-refractivity contribution in [1.82, 2.24) is 10.2 Å². The molecule has 0 saturated carbocycles. The fourth-order valence-corrected chi connectivity index (χ4v) is 2.49. The van der Waals surface area contributed by atoms with E-state index < -0.39 is 0 Å². The Balaban J connectivity index is 2.31. The highest BCUT2D eigenvalue weighted by Gasteiger charge is 2.25. The second kappa shape index (κ2) is 6.46. The van der Waals surface area contributed by atoms with Crippen molar-refractivity contribution < 1.29 is 4.74 Å². The lowest BCUT2D eigenvalue weighted by molar-refractivity contribution is 0.0866. The van der Waals surface area contributed by atoms with Gasteiger partial charge in [-0.1, -0.05) is 6.92 Å². The molecule has 3 unspecified atom stereocenters. The monoisotopic (exact) mass is 214 g/mol. The van der Waals surface area contributed by atoms with Crippen molar-refractivity contribution >= 4 is 0 Å². The molecule has 3 atom stereocenters. The minimum Gasteiger partial charge on any atom is -0.384 e. The van der Waals surface area contributed by atoms with Gasteiger partial charge in [-0.15, -0.1) is 0 Å². The summed E-state index contributed by atoms with van der Waals surface area (Å²) in [5.41, 5.74) is 0. The molecule has 3 nitrogen and oxygen atoms in total. The Labute approximate surface area is 94.2 Å². The first-order valence-electron chi connectivity index (χ1n) is 6.07. The number of rotatable bonds is 5. The molecule has 1 rings (SSSR count). The fraction of sp³-hybridized carbons (Fsp3) is 1.00. The number of methoxy groups -OCH3 is 1. The molecule has 0 aliphatic carbocycles. The van der Waals surface area contributed by atoms with Gasteiger partial charge < -0.3 is 15.0 Å². The number of nitrogens with zero attached hydrogens (tertiary/aromatic N) is 1. The maximum atomic E-state index is 5.18. The minimum absolute atomic E-state index is 0.642. The van der Waals surface area contributed by atoms with Crippen LogP contribution in [-0.4, -0.2) is 50.8 Å². The molecule has 0 aromatic rings. The number of hydrogen-bond donors (Lipinski definition) is 1. The molecule has 1 N–H and O–H groups in total. The van der Waals surface area contributed by atoms with Crippen molar-refractivity contribution in [2.75, 3.05) is 33.9 Å². The van der Waals surface area contributed by atoms with Crippen LogP contribution in [0.15, 0.2) is 0 Å². The number of ether oxygens (including phenoxy) is 1. The first-order valence-corrected chi connectivity index (χ1v) is 6.07. The van der Waals surface area contributed by atoms with E-state index in [1.807, 2.05) is 0 Å². The summed E-state index contributed by atoms with van der Waals surface area (Å²) < 4.78 is 5.18. The van der Waals surface area contributed by atoms with Gasteiger partial charge in [-0.2, -0.15) is 0 Å². The molecule has 3 heteroatoms. The standard InChI is InChI=1S/C12H26N2O/c1-10(9-15-4)8-14-6-5-12(13-3)7-11(14)2/h10-13H,5-9H2,1-4H3. The Hall–Kier alpha value is -0.120. The van der Waals surface area contributed by atoms with Gasteiger partial charge >= 0.3 is 0 Å². The molecule has 0 bridgehead atoms. The average Bonchev–Trinajstić information content (AvgIpc) is 2.21. The third-order valence-electron chi connectivity index (χ3n) is 3.42. The number of nitrogens with one attached hydrogen (secondary N) is 1. The van der Waals surface area contributed by atoms with Gasteiger partial charge in [0.2, 0.25) is 0 Å². The first-order chi connectivity index (χ1) is 7.17. The average molecular weight is 214 g/mol. The molecule has 0 aromatic heterocycles. The van der Waals surface area contributed by atoms with Gasteiger partial charge in [0, 0.05) is 32.3 Å². The fourth-order valence-electron chi connectivity index (χ4n) is 2.49. The van der Waals surface area contributed by atoms with Gasteiger partial charge in [0.1, 0.15) is 0 Å². The van der Waals surface area contributed by atoms with Gasteiger partial charge in [0.15, 0.2) is 0 Å². The molecule has 1 aliphatic heterocycles. The molecule has 1 heterocycles. The highest BCUT2D eigenvalue weighted by Crippen LogP contribution is 2.18. The maximum Gasteiger partial charge on any atom is 0.0500 e. The van der Waals surface area contributed by atoms with Crippen LogP contribution in [0.5, 0.6) is 0 Å². The Kier molecular flexibility index (Phi) is 5.58. The molecule has 0 amide bonds. The summed E-state index contributed by atoms with van der Waals surface area (Å²) in [6.45, 7) is 7.87. The SMILES string of the molecule is CNC1CCN(CC(C)COC)C(C)C1. The van der Waals surface area contributed by atoms with Crippen LogP contribution >= 0.6 is 0 Å². The lowest BCUT2D eigenvalue weighted by Gasteiger charge is -2.38. The Bertz CT molecular complexity index is 175. The van der Waals surface area contributed by atoms with Crippen molar-refractivity contribution in [3.05, 3.63) is 0 Å². The van der Waals surface area contributed by atoms with Crippen LogP contribution < -0.4 is 5.32 Å². The van der Waals surface area contributed by atoms with Crippen molar-refractivity contribution in [3.63, 3.8) is 0 Å². The molecule has 15 heavy (non-hydrogen) atoms. The van der Waals surface area contributed by atoms with Crippen LogP contribution in [0.4, 0.5) is 0 Å². The topological polar surface area (TPSA) is 24.5 Å². The summed E-state index contributed by atoms with van der Waals surface area (Å²) in [6, 6.07) is 1.42. The molecule has 90 valence electrons. The van der Waals surface area contributed by atoms with E-state index in [9.17, 15) is 0 Å². The van der Waals surface area contributed by atoms with Gasteiger partial charge in [0.25, 0.3) is 0 Å². The zero-order valence-electron chi connectivity index (χ0n) is 10.6. The molecule has 0 aromatic carbocycles. The lowest BCUT2D eigenvalue weighted by Crippen LogP contribution is -2.48. The van der Waals surface area contributed by atoms with Crippen molar-refractivity contribution in [3.8, 4) is 0 Å². The maximum absolute atomic E-state index is 5.18. The third-order valence-corrected chi connectivity index (χ3v) is 3.42. The molecule has 1 saturated heterocycles. The van der Waals surface area contributed by atoms with E-state index in [0.717, 1.165) is 6.61 Å². The summed E-state index contributed by atoms with van der Waals surface area (Å²) in [6.07, 6.45) is 2.55. The molecule has 0 spiro atoms. The predicted octanol–water partition coefficient (Wildman–Crippen LogP) is 1.34. The zero-order chi connectivity index (χ0) is 11.3. The van der Waals surface area contributed by atoms with Crippen LogP contribution in [0.25, 0.3) is 0 Å². The normalized spacial score (nSPS) is 30.4. The summed E-state index contributed by atoms with van der Waals surface area (Å²) in [4.78, 5) is 2.59. The minimum atomic E-state index is 0.642. The summed E-state index contributed by atoms with van der Waals surface area (Å²) in [5, 5.41) is 3.38. The number of likely N-dealkylation sites (tertiary alicyclic amines) is 1. The van der Waals surface area contributed by atoms with E-state index in [0.29, 0.717) is 18.0 Å². The quantitative estimate of drug-likeness (QED) is 0.747. The van der Waals surface area contributed by atoms with Gasteiger partial charge in [-0.3, -0.25) is 0 Å². The second-order valence-electron chi connectivity index (χ2n) is 4.91.